The first kappa shape index (κ1) is 20.2. The fourth-order valence-electron chi connectivity index (χ4n) is 2.18. The third-order valence-corrected chi connectivity index (χ3v) is 3.88. The lowest BCUT2D eigenvalue weighted by Crippen LogP contribution is -2.43. The van der Waals surface area contributed by atoms with Gasteiger partial charge in [-0.05, 0) is 50.9 Å². The van der Waals surface area contributed by atoms with Gasteiger partial charge in [0.2, 0.25) is 0 Å². The summed E-state index contributed by atoms with van der Waals surface area (Å²) in [6, 6.07) is 0.357. The van der Waals surface area contributed by atoms with Crippen LogP contribution in [0.3, 0.4) is 0 Å². The van der Waals surface area contributed by atoms with E-state index in [0.717, 1.165) is 37.9 Å². The zero-order valence-electron chi connectivity index (χ0n) is 15.7. The van der Waals surface area contributed by atoms with Gasteiger partial charge in [-0.15, -0.1) is 0 Å². The minimum Gasteiger partial charge on any atom is -0.389 e. The maximum Gasteiger partial charge on any atom is 0.191 e. The molecule has 1 aliphatic carbocycles. The van der Waals surface area contributed by atoms with Crippen molar-refractivity contribution in [2.45, 2.75) is 72.4 Å². The highest BCUT2D eigenvalue weighted by Crippen LogP contribution is 2.28. The second kappa shape index (κ2) is 10.1. The lowest BCUT2D eigenvalue weighted by Gasteiger charge is -2.23. The fourth-order valence-corrected chi connectivity index (χ4v) is 2.18. The monoisotopic (exact) mass is 327 g/mol. The summed E-state index contributed by atoms with van der Waals surface area (Å²) in [5.74, 6) is 1.50. The van der Waals surface area contributed by atoms with E-state index in [4.69, 9.17) is 4.74 Å². The molecule has 0 amide bonds. The molecule has 0 aliphatic heterocycles. The van der Waals surface area contributed by atoms with Crippen LogP contribution in [-0.2, 0) is 4.74 Å². The molecular weight excluding hydrogens is 290 g/mol. The second-order valence-corrected chi connectivity index (χ2v) is 8.00. The number of rotatable bonds is 10. The molecular formula is C18H37N3O2. The summed E-state index contributed by atoms with van der Waals surface area (Å²) in [5.41, 5.74) is 0.348. The Bertz CT molecular complexity index is 349. The van der Waals surface area contributed by atoms with Crippen LogP contribution in [0, 0.1) is 11.3 Å². The molecule has 1 rings (SSSR count). The van der Waals surface area contributed by atoms with Gasteiger partial charge < -0.3 is 20.5 Å². The van der Waals surface area contributed by atoms with E-state index in [-0.39, 0.29) is 0 Å². The Morgan fingerprint density at radius 1 is 1.35 bits per heavy atom. The smallest absolute Gasteiger partial charge is 0.191 e. The average Bonchev–Trinajstić information content (AvgIpc) is 3.26. The number of ether oxygens (including phenoxy) is 1. The van der Waals surface area contributed by atoms with Crippen molar-refractivity contribution in [3.05, 3.63) is 0 Å². The lowest BCUT2D eigenvalue weighted by atomic mass is 9.89. The van der Waals surface area contributed by atoms with Crippen LogP contribution in [-0.4, -0.2) is 49.5 Å². The number of hydrogen-bond donors (Lipinski definition) is 3. The molecule has 0 radical (unpaired) electrons. The van der Waals surface area contributed by atoms with Crippen molar-refractivity contribution in [2.75, 3.05) is 26.3 Å². The van der Waals surface area contributed by atoms with Crippen LogP contribution in [0.2, 0.25) is 0 Å². The van der Waals surface area contributed by atoms with Gasteiger partial charge >= 0.3 is 0 Å². The van der Waals surface area contributed by atoms with E-state index in [1.165, 1.54) is 12.8 Å². The van der Waals surface area contributed by atoms with Crippen molar-refractivity contribution in [3.8, 4) is 0 Å². The first-order chi connectivity index (χ1) is 10.8. The van der Waals surface area contributed by atoms with E-state index < -0.39 is 6.10 Å². The number of nitrogens with zero attached hydrogens (tertiary/aromatic N) is 1. The van der Waals surface area contributed by atoms with Gasteiger partial charge in [-0.1, -0.05) is 20.8 Å². The molecule has 2 atom stereocenters. The summed E-state index contributed by atoms with van der Waals surface area (Å²) >= 11 is 0. The van der Waals surface area contributed by atoms with Crippen molar-refractivity contribution in [2.24, 2.45) is 16.3 Å². The Labute approximate surface area is 142 Å². The molecule has 0 bridgehead atoms. The van der Waals surface area contributed by atoms with Gasteiger partial charge in [-0.3, -0.25) is 4.99 Å². The zero-order chi connectivity index (χ0) is 17.3. The Morgan fingerprint density at radius 3 is 2.61 bits per heavy atom. The van der Waals surface area contributed by atoms with E-state index in [1.807, 2.05) is 6.92 Å². The van der Waals surface area contributed by atoms with Gasteiger partial charge in [0.25, 0.3) is 0 Å². The second-order valence-electron chi connectivity index (χ2n) is 8.00. The van der Waals surface area contributed by atoms with Crippen LogP contribution >= 0.6 is 0 Å². The van der Waals surface area contributed by atoms with Crippen LogP contribution in [0.5, 0.6) is 0 Å². The molecule has 23 heavy (non-hydrogen) atoms. The minimum atomic E-state index is -0.533. The van der Waals surface area contributed by atoms with E-state index in [9.17, 15) is 5.11 Å². The average molecular weight is 328 g/mol. The molecule has 5 nitrogen and oxygen atoms in total. The lowest BCUT2D eigenvalue weighted by molar-refractivity contribution is 0.0368. The number of hydrogen-bond acceptors (Lipinski definition) is 3. The molecule has 5 heteroatoms. The quantitative estimate of drug-likeness (QED) is 0.426. The van der Waals surface area contributed by atoms with Gasteiger partial charge in [-0.2, -0.15) is 0 Å². The predicted octanol–water partition coefficient (Wildman–Crippen LogP) is 2.54. The van der Waals surface area contributed by atoms with Crippen molar-refractivity contribution in [3.63, 3.8) is 0 Å². The van der Waals surface area contributed by atoms with E-state index >= 15 is 0 Å². The Kier molecular flexibility index (Phi) is 8.92. The summed E-state index contributed by atoms with van der Waals surface area (Å²) in [6.07, 6.45) is 4.28. The highest BCUT2D eigenvalue weighted by molar-refractivity contribution is 5.80. The van der Waals surface area contributed by atoms with Crippen LogP contribution < -0.4 is 10.6 Å². The number of aliphatic hydroxyl groups is 1. The van der Waals surface area contributed by atoms with Gasteiger partial charge in [0.05, 0.1) is 19.3 Å². The summed E-state index contributed by atoms with van der Waals surface area (Å²) in [4.78, 5) is 4.48. The summed E-state index contributed by atoms with van der Waals surface area (Å²) in [6.45, 7) is 13.3. The third-order valence-electron chi connectivity index (χ3n) is 3.88. The minimum absolute atomic E-state index is 0.348. The molecule has 1 saturated carbocycles. The maximum atomic E-state index is 9.96. The van der Waals surface area contributed by atoms with Crippen molar-refractivity contribution in [1.29, 1.82) is 0 Å². The van der Waals surface area contributed by atoms with E-state index in [0.29, 0.717) is 24.6 Å². The van der Waals surface area contributed by atoms with E-state index in [2.05, 4.69) is 43.3 Å². The first-order valence-electron chi connectivity index (χ1n) is 9.11. The molecule has 0 spiro atoms. The van der Waals surface area contributed by atoms with Crippen molar-refractivity contribution < 1.29 is 9.84 Å². The highest BCUT2D eigenvalue weighted by atomic mass is 16.5. The molecule has 0 aromatic heterocycles. The summed E-state index contributed by atoms with van der Waals surface area (Å²) in [7, 11) is 0. The van der Waals surface area contributed by atoms with Gasteiger partial charge in [0, 0.05) is 19.2 Å². The largest absolute Gasteiger partial charge is 0.389 e. The molecule has 3 N–H and O–H groups in total. The van der Waals surface area contributed by atoms with Crippen LogP contribution in [0.1, 0.15) is 60.3 Å². The summed E-state index contributed by atoms with van der Waals surface area (Å²) in [5, 5.41) is 16.6. The fraction of sp³-hybridized carbons (Fsp3) is 0.944. The Balaban J connectivity index is 2.29. The molecule has 2 unspecified atom stereocenters. The molecule has 0 aromatic carbocycles. The molecule has 136 valence electrons. The predicted molar refractivity (Wildman–Crippen MR) is 96.8 cm³/mol. The van der Waals surface area contributed by atoms with Gasteiger partial charge in [0.1, 0.15) is 0 Å². The first-order valence-corrected chi connectivity index (χ1v) is 9.11. The van der Waals surface area contributed by atoms with Crippen LogP contribution in [0.4, 0.5) is 0 Å². The normalized spacial score (nSPS) is 18.6. The SMILES string of the molecule is CCNC(=NCC(O)COCC1CC1)NC(C)CCC(C)(C)C. The van der Waals surface area contributed by atoms with Gasteiger partial charge in [-0.25, -0.2) is 0 Å². The van der Waals surface area contributed by atoms with Gasteiger partial charge in [0.15, 0.2) is 5.96 Å². The zero-order valence-corrected chi connectivity index (χ0v) is 15.7. The number of aliphatic imine (C=N–C) groups is 1. The number of nitrogens with one attached hydrogen (secondary N) is 2. The third kappa shape index (κ3) is 11.4. The topological polar surface area (TPSA) is 65.9 Å². The molecule has 0 heterocycles. The molecule has 0 saturated heterocycles. The van der Waals surface area contributed by atoms with Crippen molar-refractivity contribution in [1.82, 2.24) is 10.6 Å². The Hall–Kier alpha value is -0.810. The maximum absolute atomic E-state index is 9.96. The van der Waals surface area contributed by atoms with Crippen LogP contribution in [0.25, 0.3) is 0 Å². The molecule has 0 aromatic rings. The van der Waals surface area contributed by atoms with Crippen molar-refractivity contribution >= 4 is 5.96 Å². The van der Waals surface area contributed by atoms with E-state index in [1.54, 1.807) is 0 Å². The molecule has 1 aliphatic rings. The highest BCUT2D eigenvalue weighted by Gasteiger charge is 2.21. The van der Waals surface area contributed by atoms with Crippen LogP contribution in [0.15, 0.2) is 4.99 Å². The number of aliphatic hydroxyl groups excluding tert-OH is 1. The Morgan fingerprint density at radius 2 is 2.04 bits per heavy atom. The number of guanidine groups is 1. The summed E-state index contributed by atoms with van der Waals surface area (Å²) < 4.78 is 5.51. The standard InChI is InChI=1S/C18H37N3O2/c1-6-19-17(21-14(2)9-10-18(3,4)5)20-11-16(22)13-23-12-15-7-8-15/h14-16,22H,6-13H2,1-5H3,(H2,19,20,21). The molecule has 1 fully saturated rings.